The van der Waals surface area contributed by atoms with Gasteiger partial charge in [0, 0.05) is 30.9 Å². The fourth-order valence-corrected chi connectivity index (χ4v) is 1.74. The minimum Gasteiger partial charge on any atom is -0.481 e. The van der Waals surface area contributed by atoms with Gasteiger partial charge in [0.2, 0.25) is 0 Å². The molecule has 0 radical (unpaired) electrons. The number of carbonyl (C=O) groups excluding carboxylic acids is 1. The Labute approximate surface area is 113 Å². The number of hydrogen-bond acceptors (Lipinski definition) is 3. The maximum Gasteiger partial charge on any atom is 0.303 e. The van der Waals surface area contributed by atoms with E-state index in [9.17, 15) is 9.59 Å². The number of aromatic nitrogens is 1. The van der Waals surface area contributed by atoms with Crippen LogP contribution in [0.5, 0.6) is 0 Å². The molecule has 1 amide bonds. The van der Waals surface area contributed by atoms with Crippen LogP contribution in [0.4, 0.5) is 0 Å². The van der Waals surface area contributed by atoms with Gasteiger partial charge in [0.05, 0.1) is 0 Å². The summed E-state index contributed by atoms with van der Waals surface area (Å²) >= 11 is 0. The molecule has 0 aromatic carbocycles. The van der Waals surface area contributed by atoms with Crippen LogP contribution < -0.4 is 5.32 Å². The molecule has 0 spiro atoms. The zero-order chi connectivity index (χ0) is 13.9. The second-order valence-corrected chi connectivity index (χ2v) is 4.40. The van der Waals surface area contributed by atoms with E-state index in [4.69, 9.17) is 5.11 Å². The Kier molecular flexibility index (Phi) is 7.24. The number of unbranched alkanes of at least 4 members (excludes halogenated alkanes) is 4. The zero-order valence-corrected chi connectivity index (χ0v) is 11.0. The first-order valence-corrected chi connectivity index (χ1v) is 6.60. The van der Waals surface area contributed by atoms with E-state index in [0.717, 1.165) is 32.1 Å². The van der Waals surface area contributed by atoms with Gasteiger partial charge in [-0.1, -0.05) is 19.3 Å². The number of nitrogens with one attached hydrogen (secondary N) is 1. The van der Waals surface area contributed by atoms with Gasteiger partial charge >= 0.3 is 5.97 Å². The van der Waals surface area contributed by atoms with E-state index >= 15 is 0 Å². The lowest BCUT2D eigenvalue weighted by molar-refractivity contribution is -0.137. The van der Waals surface area contributed by atoms with E-state index in [0.29, 0.717) is 12.1 Å². The molecule has 0 aliphatic heterocycles. The van der Waals surface area contributed by atoms with Crippen LogP contribution in [0.2, 0.25) is 0 Å². The summed E-state index contributed by atoms with van der Waals surface area (Å²) in [5, 5.41) is 11.3. The summed E-state index contributed by atoms with van der Waals surface area (Å²) in [6.07, 6.45) is 8.05. The highest BCUT2D eigenvalue weighted by Crippen LogP contribution is 2.05. The molecule has 0 bridgehead atoms. The first-order valence-electron chi connectivity index (χ1n) is 6.60. The molecule has 1 aromatic heterocycles. The molecule has 2 N–H and O–H groups in total. The van der Waals surface area contributed by atoms with Crippen molar-refractivity contribution in [2.45, 2.75) is 38.5 Å². The molecular weight excluding hydrogens is 244 g/mol. The largest absolute Gasteiger partial charge is 0.481 e. The van der Waals surface area contributed by atoms with Crippen molar-refractivity contribution in [1.29, 1.82) is 0 Å². The number of aliphatic carboxylic acids is 1. The summed E-state index contributed by atoms with van der Waals surface area (Å²) in [7, 11) is 0. The number of amides is 1. The Hall–Kier alpha value is -1.91. The van der Waals surface area contributed by atoms with E-state index in [-0.39, 0.29) is 12.3 Å². The first-order chi connectivity index (χ1) is 9.20. The van der Waals surface area contributed by atoms with Crippen LogP contribution in [0.1, 0.15) is 48.9 Å². The lowest BCUT2D eigenvalue weighted by Crippen LogP contribution is -2.24. The third-order valence-electron chi connectivity index (χ3n) is 2.80. The van der Waals surface area contributed by atoms with Crippen molar-refractivity contribution in [3.05, 3.63) is 30.1 Å². The number of hydrogen-bond donors (Lipinski definition) is 2. The highest BCUT2D eigenvalue weighted by atomic mass is 16.4. The summed E-state index contributed by atoms with van der Waals surface area (Å²) in [5.41, 5.74) is 0.622. The molecule has 0 atom stereocenters. The Morgan fingerprint density at radius 3 is 2.37 bits per heavy atom. The van der Waals surface area contributed by atoms with E-state index in [1.807, 2.05) is 0 Å². The number of carbonyl (C=O) groups is 2. The smallest absolute Gasteiger partial charge is 0.303 e. The molecule has 0 unspecified atom stereocenters. The average Bonchev–Trinajstić information content (AvgIpc) is 2.42. The molecule has 1 aromatic rings. The Morgan fingerprint density at radius 2 is 1.68 bits per heavy atom. The lowest BCUT2D eigenvalue weighted by atomic mass is 10.1. The molecule has 104 valence electrons. The summed E-state index contributed by atoms with van der Waals surface area (Å²) in [5.74, 6) is -0.808. The second kappa shape index (κ2) is 9.08. The summed E-state index contributed by atoms with van der Waals surface area (Å²) in [6, 6.07) is 3.36. The topological polar surface area (TPSA) is 79.3 Å². The van der Waals surface area contributed by atoms with Gasteiger partial charge in [-0.25, -0.2) is 0 Å². The van der Waals surface area contributed by atoms with Crippen molar-refractivity contribution in [2.75, 3.05) is 6.54 Å². The van der Waals surface area contributed by atoms with E-state index in [1.165, 1.54) is 0 Å². The standard InChI is InChI=1S/C14H20N2O3/c17-13(18)6-4-2-1-3-5-9-16-14(19)12-7-10-15-11-8-12/h7-8,10-11H,1-6,9H2,(H,16,19)(H,17,18). The normalized spacial score (nSPS) is 10.1. The quantitative estimate of drug-likeness (QED) is 0.670. The Balaban J connectivity index is 1.99. The van der Waals surface area contributed by atoms with E-state index < -0.39 is 5.97 Å². The van der Waals surface area contributed by atoms with Crippen LogP contribution in [-0.4, -0.2) is 28.5 Å². The number of pyridine rings is 1. The second-order valence-electron chi connectivity index (χ2n) is 4.40. The fraction of sp³-hybridized carbons (Fsp3) is 0.500. The SMILES string of the molecule is O=C(O)CCCCCCCNC(=O)c1ccncc1. The van der Waals surface area contributed by atoms with Crippen molar-refractivity contribution in [2.24, 2.45) is 0 Å². The van der Waals surface area contributed by atoms with Crippen LogP contribution in [0.3, 0.4) is 0 Å². The van der Waals surface area contributed by atoms with E-state index in [1.54, 1.807) is 24.5 Å². The zero-order valence-electron chi connectivity index (χ0n) is 11.0. The maximum atomic E-state index is 11.7. The molecule has 5 nitrogen and oxygen atoms in total. The van der Waals surface area contributed by atoms with Gasteiger partial charge < -0.3 is 10.4 Å². The lowest BCUT2D eigenvalue weighted by Gasteiger charge is -2.04. The molecular formula is C14H20N2O3. The van der Waals surface area contributed by atoms with Crippen LogP contribution >= 0.6 is 0 Å². The molecule has 0 saturated heterocycles. The average molecular weight is 264 g/mol. The minimum absolute atomic E-state index is 0.0757. The van der Waals surface area contributed by atoms with Gasteiger partial charge in [-0.05, 0) is 25.0 Å². The predicted molar refractivity (Wildman–Crippen MR) is 71.9 cm³/mol. The van der Waals surface area contributed by atoms with E-state index in [2.05, 4.69) is 10.3 Å². The fourth-order valence-electron chi connectivity index (χ4n) is 1.74. The number of nitrogens with zero attached hydrogens (tertiary/aromatic N) is 1. The molecule has 0 fully saturated rings. The van der Waals surface area contributed by atoms with Gasteiger partial charge in [-0.15, -0.1) is 0 Å². The minimum atomic E-state index is -0.732. The van der Waals surface area contributed by atoms with Crippen molar-refractivity contribution in [3.63, 3.8) is 0 Å². The first kappa shape index (κ1) is 15.1. The number of carboxylic acids is 1. The van der Waals surface area contributed by atoms with Gasteiger partial charge in [-0.2, -0.15) is 0 Å². The maximum absolute atomic E-state index is 11.7. The number of rotatable bonds is 9. The molecule has 0 saturated carbocycles. The van der Waals surface area contributed by atoms with Gasteiger partial charge in [-0.3, -0.25) is 14.6 Å². The highest BCUT2D eigenvalue weighted by Gasteiger charge is 2.03. The highest BCUT2D eigenvalue weighted by molar-refractivity contribution is 5.93. The van der Waals surface area contributed by atoms with Crippen LogP contribution in [0, 0.1) is 0 Å². The summed E-state index contributed by atoms with van der Waals surface area (Å²) < 4.78 is 0. The van der Waals surface area contributed by atoms with Crippen molar-refractivity contribution in [1.82, 2.24) is 10.3 Å². The van der Waals surface area contributed by atoms with Crippen LogP contribution in [-0.2, 0) is 4.79 Å². The van der Waals surface area contributed by atoms with Gasteiger partial charge in [0.1, 0.15) is 0 Å². The molecule has 5 heteroatoms. The molecule has 1 rings (SSSR count). The molecule has 1 heterocycles. The van der Waals surface area contributed by atoms with Crippen molar-refractivity contribution in [3.8, 4) is 0 Å². The van der Waals surface area contributed by atoms with Gasteiger partial charge in [0.25, 0.3) is 5.91 Å². The third-order valence-corrected chi connectivity index (χ3v) is 2.80. The molecule has 0 aliphatic rings. The third kappa shape index (κ3) is 7.18. The molecule has 0 aliphatic carbocycles. The number of carboxylic acid groups (broad SMARTS) is 1. The van der Waals surface area contributed by atoms with Crippen LogP contribution in [0.25, 0.3) is 0 Å². The van der Waals surface area contributed by atoms with Gasteiger partial charge in [0.15, 0.2) is 0 Å². The molecule has 19 heavy (non-hydrogen) atoms. The Morgan fingerprint density at radius 1 is 1.05 bits per heavy atom. The van der Waals surface area contributed by atoms with Crippen molar-refractivity contribution >= 4 is 11.9 Å². The van der Waals surface area contributed by atoms with Crippen molar-refractivity contribution < 1.29 is 14.7 Å². The predicted octanol–water partition coefficient (Wildman–Crippen LogP) is 2.24. The Bertz CT molecular complexity index is 393. The summed E-state index contributed by atoms with van der Waals surface area (Å²) in [4.78, 5) is 25.8. The monoisotopic (exact) mass is 264 g/mol. The van der Waals surface area contributed by atoms with Crippen LogP contribution in [0.15, 0.2) is 24.5 Å². The summed E-state index contributed by atoms with van der Waals surface area (Å²) in [6.45, 7) is 0.653.